The minimum atomic E-state index is -0.308. The molecule has 0 saturated heterocycles. The lowest BCUT2D eigenvalue weighted by atomic mass is 10.2. The van der Waals surface area contributed by atoms with Crippen LogP contribution in [0.3, 0.4) is 0 Å². The predicted molar refractivity (Wildman–Crippen MR) is 78.6 cm³/mol. The van der Waals surface area contributed by atoms with Gasteiger partial charge in [-0.15, -0.1) is 11.3 Å². The van der Waals surface area contributed by atoms with E-state index >= 15 is 0 Å². The van der Waals surface area contributed by atoms with E-state index in [1.54, 1.807) is 30.3 Å². The zero-order valence-corrected chi connectivity index (χ0v) is 12.4. The van der Waals surface area contributed by atoms with Crippen LogP contribution in [0.15, 0.2) is 11.4 Å². The van der Waals surface area contributed by atoms with Crippen LogP contribution in [0.1, 0.15) is 19.7 Å². The van der Waals surface area contributed by atoms with Crippen molar-refractivity contribution in [3.63, 3.8) is 0 Å². The van der Waals surface area contributed by atoms with E-state index in [0.29, 0.717) is 0 Å². The van der Waals surface area contributed by atoms with Gasteiger partial charge in [-0.25, -0.2) is 9.97 Å². The van der Waals surface area contributed by atoms with Crippen molar-refractivity contribution < 1.29 is 4.79 Å². The monoisotopic (exact) mass is 278 g/mol. The fraction of sp³-hybridized carbons (Fsp3) is 0.462. The maximum absolute atomic E-state index is 11.9. The number of aromatic nitrogens is 2. The van der Waals surface area contributed by atoms with E-state index in [4.69, 9.17) is 0 Å². The van der Waals surface area contributed by atoms with Crippen LogP contribution >= 0.6 is 11.3 Å². The third kappa shape index (κ3) is 2.84. The van der Waals surface area contributed by atoms with Crippen LogP contribution in [0, 0.1) is 0 Å². The Bertz CT molecular complexity index is 593. The lowest BCUT2D eigenvalue weighted by Gasteiger charge is -2.19. The molecule has 2 heterocycles. The molecule has 0 radical (unpaired) electrons. The first-order chi connectivity index (χ1) is 9.02. The number of nitrogens with one attached hydrogen (secondary N) is 1. The molecule has 0 saturated carbocycles. The zero-order valence-electron chi connectivity index (χ0n) is 11.6. The Morgan fingerprint density at radius 3 is 2.84 bits per heavy atom. The summed E-state index contributed by atoms with van der Waals surface area (Å²) in [5, 5.41) is 6.15. The van der Waals surface area contributed by atoms with Crippen molar-refractivity contribution in [1.82, 2.24) is 14.9 Å². The smallest absolute Gasteiger partial charge is 0.244 e. The van der Waals surface area contributed by atoms with Gasteiger partial charge in [-0.2, -0.15) is 0 Å². The van der Waals surface area contributed by atoms with Crippen LogP contribution in [0.4, 0.5) is 5.82 Å². The van der Waals surface area contributed by atoms with Crippen LogP contribution in [0.25, 0.3) is 10.2 Å². The Kier molecular flexibility index (Phi) is 3.99. The standard InChI is InChI=1S/C13H18N4OS/c1-5-10-15-11(9-6-7-19-12(9)16-10)14-8(2)13(18)17(3)4/h6-8H,5H2,1-4H3,(H,14,15,16)/t8-/m0/s1. The molecule has 0 aliphatic heterocycles. The number of amides is 1. The van der Waals surface area contributed by atoms with Crippen LogP contribution in [-0.4, -0.2) is 40.9 Å². The average molecular weight is 278 g/mol. The number of likely N-dealkylation sites (N-methyl/N-ethyl adjacent to an activating group) is 1. The summed E-state index contributed by atoms with van der Waals surface area (Å²) in [6.45, 7) is 3.86. The Balaban J connectivity index is 2.33. The number of hydrogen-bond acceptors (Lipinski definition) is 5. The van der Waals surface area contributed by atoms with Gasteiger partial charge in [0.1, 0.15) is 22.5 Å². The normalized spacial score (nSPS) is 12.4. The summed E-state index contributed by atoms with van der Waals surface area (Å²) in [5.74, 6) is 1.56. The number of rotatable bonds is 4. The molecule has 2 aromatic heterocycles. The third-order valence-corrected chi connectivity index (χ3v) is 3.66. The topological polar surface area (TPSA) is 58.1 Å². The van der Waals surface area contributed by atoms with E-state index in [1.165, 1.54) is 0 Å². The first-order valence-corrected chi connectivity index (χ1v) is 7.12. The summed E-state index contributed by atoms with van der Waals surface area (Å²) in [5.41, 5.74) is 0. The molecule has 19 heavy (non-hydrogen) atoms. The first kappa shape index (κ1) is 13.7. The van der Waals surface area contributed by atoms with Crippen LogP contribution in [-0.2, 0) is 11.2 Å². The van der Waals surface area contributed by atoms with E-state index in [0.717, 1.165) is 28.3 Å². The molecule has 0 aliphatic rings. The summed E-state index contributed by atoms with van der Waals surface area (Å²) in [6, 6.07) is 1.67. The van der Waals surface area contributed by atoms with Gasteiger partial charge in [0.05, 0.1) is 5.39 Å². The molecule has 102 valence electrons. The second kappa shape index (κ2) is 5.52. The number of carbonyl (C=O) groups is 1. The maximum Gasteiger partial charge on any atom is 0.244 e. The minimum absolute atomic E-state index is 0.0278. The third-order valence-electron chi connectivity index (χ3n) is 2.85. The van der Waals surface area contributed by atoms with Crippen molar-refractivity contribution in [2.24, 2.45) is 0 Å². The van der Waals surface area contributed by atoms with Crippen LogP contribution < -0.4 is 5.32 Å². The molecule has 1 atom stereocenters. The van der Waals surface area contributed by atoms with Gasteiger partial charge in [0, 0.05) is 20.5 Å². The van der Waals surface area contributed by atoms with Crippen LogP contribution in [0.5, 0.6) is 0 Å². The van der Waals surface area contributed by atoms with Gasteiger partial charge in [0.15, 0.2) is 0 Å². The number of hydrogen-bond donors (Lipinski definition) is 1. The fourth-order valence-corrected chi connectivity index (χ4v) is 2.60. The number of aryl methyl sites for hydroxylation is 1. The first-order valence-electron chi connectivity index (χ1n) is 6.24. The minimum Gasteiger partial charge on any atom is -0.358 e. The number of thiophene rings is 1. The van der Waals surface area contributed by atoms with Gasteiger partial charge >= 0.3 is 0 Å². The number of anilines is 1. The van der Waals surface area contributed by atoms with E-state index in [9.17, 15) is 4.79 Å². The largest absolute Gasteiger partial charge is 0.358 e. The summed E-state index contributed by atoms with van der Waals surface area (Å²) in [7, 11) is 3.50. The summed E-state index contributed by atoms with van der Waals surface area (Å²) in [6.07, 6.45) is 0.776. The molecule has 0 aliphatic carbocycles. The van der Waals surface area contributed by atoms with Crippen molar-refractivity contribution in [3.8, 4) is 0 Å². The summed E-state index contributed by atoms with van der Waals surface area (Å²) in [4.78, 5) is 23.4. The van der Waals surface area contributed by atoms with Gasteiger partial charge in [0.2, 0.25) is 5.91 Å². The van der Waals surface area contributed by atoms with Crippen LogP contribution in [0.2, 0.25) is 0 Å². The van der Waals surface area contributed by atoms with Gasteiger partial charge in [-0.1, -0.05) is 6.92 Å². The van der Waals surface area contributed by atoms with Gasteiger partial charge in [-0.05, 0) is 18.4 Å². The number of carbonyl (C=O) groups excluding carboxylic acids is 1. The lowest BCUT2D eigenvalue weighted by molar-refractivity contribution is -0.129. The number of fused-ring (bicyclic) bond motifs is 1. The number of nitrogens with zero attached hydrogens (tertiary/aromatic N) is 3. The second-order valence-corrected chi connectivity index (χ2v) is 5.47. The predicted octanol–water partition coefficient (Wildman–Crippen LogP) is 2.14. The Hall–Kier alpha value is -1.69. The molecule has 1 amide bonds. The molecule has 2 aromatic rings. The van der Waals surface area contributed by atoms with Crippen molar-refractivity contribution in [2.75, 3.05) is 19.4 Å². The lowest BCUT2D eigenvalue weighted by Crippen LogP contribution is -2.36. The molecule has 5 nitrogen and oxygen atoms in total. The van der Waals surface area contributed by atoms with Crippen molar-refractivity contribution in [1.29, 1.82) is 0 Å². The fourth-order valence-electron chi connectivity index (χ4n) is 1.82. The quantitative estimate of drug-likeness (QED) is 0.931. The van der Waals surface area contributed by atoms with Crippen molar-refractivity contribution >= 4 is 33.3 Å². The summed E-state index contributed by atoms with van der Waals surface area (Å²) < 4.78 is 0. The molecule has 0 fully saturated rings. The van der Waals surface area contributed by atoms with Crippen molar-refractivity contribution in [3.05, 3.63) is 17.3 Å². The van der Waals surface area contributed by atoms with E-state index < -0.39 is 0 Å². The Labute approximate surface area is 116 Å². The maximum atomic E-state index is 11.9. The van der Waals surface area contributed by atoms with E-state index in [-0.39, 0.29) is 11.9 Å². The van der Waals surface area contributed by atoms with Gasteiger partial charge in [0.25, 0.3) is 0 Å². The highest BCUT2D eigenvalue weighted by Gasteiger charge is 2.17. The highest BCUT2D eigenvalue weighted by Crippen LogP contribution is 2.25. The van der Waals surface area contributed by atoms with E-state index in [1.807, 2.05) is 25.3 Å². The molecule has 0 unspecified atom stereocenters. The molecule has 0 bridgehead atoms. The zero-order chi connectivity index (χ0) is 14.0. The Morgan fingerprint density at radius 2 is 2.21 bits per heavy atom. The molecular formula is C13H18N4OS. The molecule has 0 aromatic carbocycles. The molecule has 6 heteroatoms. The van der Waals surface area contributed by atoms with Gasteiger partial charge in [-0.3, -0.25) is 4.79 Å². The average Bonchev–Trinajstić information content (AvgIpc) is 2.85. The van der Waals surface area contributed by atoms with Gasteiger partial charge < -0.3 is 10.2 Å². The molecule has 1 N–H and O–H groups in total. The highest BCUT2D eigenvalue weighted by atomic mass is 32.1. The summed E-state index contributed by atoms with van der Waals surface area (Å²) >= 11 is 1.59. The highest BCUT2D eigenvalue weighted by molar-refractivity contribution is 7.16. The molecule has 0 spiro atoms. The SMILES string of the molecule is CCc1nc(N[C@@H](C)C(=O)N(C)C)c2ccsc2n1. The second-order valence-electron chi connectivity index (χ2n) is 4.58. The molecule has 2 rings (SSSR count). The van der Waals surface area contributed by atoms with E-state index in [2.05, 4.69) is 15.3 Å². The van der Waals surface area contributed by atoms with Crippen molar-refractivity contribution in [2.45, 2.75) is 26.3 Å². The molecular weight excluding hydrogens is 260 g/mol. The Morgan fingerprint density at radius 1 is 1.47 bits per heavy atom.